The molecular formula is C15H15F2N5O2. The Morgan fingerprint density at radius 2 is 2.08 bits per heavy atom. The molecule has 2 aliphatic rings. The Morgan fingerprint density at radius 1 is 1.38 bits per heavy atom. The zero-order chi connectivity index (χ0) is 17.1. The standard InChI is InChI=1S/C15H15F2N5O2/c1-8-9(4-22-7-12(14(23)24)19-20-22)2-3-13(18-8)21-5-10-11(6-21)15(10,16)17/h2-3,7,10-11H,4-6H2,1H3,(H,23,24). The van der Waals surface area contributed by atoms with Gasteiger partial charge in [-0.3, -0.25) is 0 Å². The van der Waals surface area contributed by atoms with E-state index in [2.05, 4.69) is 15.3 Å². The number of fused-ring (bicyclic) bond motifs is 1. The molecule has 2 unspecified atom stereocenters. The molecule has 1 saturated heterocycles. The summed E-state index contributed by atoms with van der Waals surface area (Å²) < 4.78 is 28.0. The van der Waals surface area contributed by atoms with E-state index in [-0.39, 0.29) is 5.69 Å². The van der Waals surface area contributed by atoms with E-state index in [9.17, 15) is 13.6 Å². The number of carboxylic acids is 1. The molecule has 0 radical (unpaired) electrons. The lowest BCUT2D eigenvalue weighted by Crippen LogP contribution is -2.28. The van der Waals surface area contributed by atoms with E-state index in [1.165, 1.54) is 10.9 Å². The lowest BCUT2D eigenvalue weighted by Gasteiger charge is -2.21. The molecule has 9 heteroatoms. The molecule has 2 fully saturated rings. The van der Waals surface area contributed by atoms with Crippen LogP contribution in [-0.4, -0.2) is 50.1 Å². The first kappa shape index (κ1) is 15.0. The Bertz CT molecular complexity index is 808. The van der Waals surface area contributed by atoms with Crippen molar-refractivity contribution in [3.05, 3.63) is 35.3 Å². The first-order chi connectivity index (χ1) is 11.4. The predicted octanol–water partition coefficient (Wildman–Crippen LogP) is 1.43. The molecule has 1 N–H and O–H groups in total. The van der Waals surface area contributed by atoms with Gasteiger partial charge in [0.2, 0.25) is 0 Å². The van der Waals surface area contributed by atoms with Gasteiger partial charge in [0.15, 0.2) is 5.69 Å². The minimum Gasteiger partial charge on any atom is -0.476 e. The maximum Gasteiger partial charge on any atom is 0.358 e. The molecule has 126 valence electrons. The molecule has 1 aliphatic carbocycles. The van der Waals surface area contributed by atoms with E-state index in [0.717, 1.165) is 11.3 Å². The van der Waals surface area contributed by atoms with E-state index in [0.29, 0.717) is 25.5 Å². The van der Waals surface area contributed by atoms with Gasteiger partial charge in [0, 0.05) is 18.8 Å². The molecular weight excluding hydrogens is 320 g/mol. The molecule has 2 aromatic rings. The molecule has 24 heavy (non-hydrogen) atoms. The fourth-order valence-corrected chi connectivity index (χ4v) is 3.26. The van der Waals surface area contributed by atoms with Crippen molar-refractivity contribution in [2.75, 3.05) is 18.0 Å². The largest absolute Gasteiger partial charge is 0.476 e. The minimum atomic E-state index is -2.50. The number of nitrogens with zero attached hydrogens (tertiary/aromatic N) is 5. The third kappa shape index (κ3) is 2.31. The lowest BCUT2D eigenvalue weighted by molar-refractivity contribution is 0.0689. The van der Waals surface area contributed by atoms with Crippen molar-refractivity contribution in [1.29, 1.82) is 0 Å². The Balaban J connectivity index is 1.47. The van der Waals surface area contributed by atoms with Crippen LogP contribution in [0.3, 0.4) is 0 Å². The average molecular weight is 335 g/mol. The molecule has 0 spiro atoms. The minimum absolute atomic E-state index is 0.116. The molecule has 0 bridgehead atoms. The molecule has 2 aromatic heterocycles. The number of aryl methyl sites for hydroxylation is 1. The summed E-state index contributed by atoms with van der Waals surface area (Å²) in [6, 6.07) is 3.67. The van der Waals surface area contributed by atoms with Crippen LogP contribution >= 0.6 is 0 Å². The summed E-state index contributed by atoms with van der Waals surface area (Å²) in [5.74, 6) is -4.01. The van der Waals surface area contributed by atoms with Crippen LogP contribution in [0.2, 0.25) is 0 Å². The van der Waals surface area contributed by atoms with E-state index >= 15 is 0 Å². The second kappa shape index (κ2) is 4.96. The number of hydrogen-bond donors (Lipinski definition) is 1. The van der Waals surface area contributed by atoms with Gasteiger partial charge >= 0.3 is 5.97 Å². The van der Waals surface area contributed by atoms with Gasteiger partial charge in [-0.25, -0.2) is 23.2 Å². The number of pyridine rings is 1. The second-order valence-corrected chi connectivity index (χ2v) is 6.31. The quantitative estimate of drug-likeness (QED) is 0.910. The van der Waals surface area contributed by atoms with Crippen LogP contribution in [0.1, 0.15) is 21.7 Å². The van der Waals surface area contributed by atoms with Crippen LogP contribution < -0.4 is 4.90 Å². The summed E-state index contributed by atoms with van der Waals surface area (Å²) in [5, 5.41) is 16.2. The van der Waals surface area contributed by atoms with Crippen molar-refractivity contribution in [2.24, 2.45) is 11.8 Å². The van der Waals surface area contributed by atoms with E-state index in [4.69, 9.17) is 5.11 Å². The van der Waals surface area contributed by atoms with Gasteiger partial charge in [-0.05, 0) is 18.6 Å². The Labute approximate surface area is 135 Å². The SMILES string of the molecule is Cc1nc(N2CC3C(C2)C3(F)F)ccc1Cn1cc(C(=O)O)nn1. The average Bonchev–Trinajstić information content (AvgIpc) is 3.00. The van der Waals surface area contributed by atoms with Gasteiger partial charge in [-0.15, -0.1) is 5.10 Å². The second-order valence-electron chi connectivity index (χ2n) is 6.31. The molecule has 4 rings (SSSR count). The number of aromatic nitrogens is 4. The highest BCUT2D eigenvalue weighted by atomic mass is 19.3. The Hall–Kier alpha value is -2.58. The van der Waals surface area contributed by atoms with Crippen molar-refractivity contribution >= 4 is 11.8 Å². The topological polar surface area (TPSA) is 84.1 Å². The number of piperidine rings is 1. The highest BCUT2D eigenvalue weighted by Crippen LogP contribution is 2.59. The highest BCUT2D eigenvalue weighted by Gasteiger charge is 2.71. The monoisotopic (exact) mass is 335 g/mol. The number of hydrogen-bond acceptors (Lipinski definition) is 5. The van der Waals surface area contributed by atoms with Gasteiger partial charge < -0.3 is 10.0 Å². The highest BCUT2D eigenvalue weighted by molar-refractivity contribution is 5.84. The predicted molar refractivity (Wildman–Crippen MR) is 79.2 cm³/mol. The van der Waals surface area contributed by atoms with Gasteiger partial charge in [0.1, 0.15) is 5.82 Å². The van der Waals surface area contributed by atoms with Crippen molar-refractivity contribution in [3.63, 3.8) is 0 Å². The number of anilines is 1. The summed E-state index contributed by atoms with van der Waals surface area (Å²) in [5.41, 5.74) is 1.51. The van der Waals surface area contributed by atoms with Crippen molar-refractivity contribution in [2.45, 2.75) is 19.4 Å². The first-order valence-electron chi connectivity index (χ1n) is 7.59. The molecule has 0 aromatic carbocycles. The van der Waals surface area contributed by atoms with E-state index in [1.54, 1.807) is 6.07 Å². The Morgan fingerprint density at radius 3 is 2.67 bits per heavy atom. The number of alkyl halides is 2. The molecule has 7 nitrogen and oxygen atoms in total. The van der Waals surface area contributed by atoms with Crippen molar-refractivity contribution in [1.82, 2.24) is 20.0 Å². The zero-order valence-corrected chi connectivity index (χ0v) is 12.9. The summed E-state index contributed by atoms with van der Waals surface area (Å²) in [6.45, 7) is 2.87. The zero-order valence-electron chi connectivity index (χ0n) is 12.9. The van der Waals surface area contributed by atoms with Gasteiger partial charge in [0.25, 0.3) is 5.92 Å². The number of halogens is 2. The smallest absolute Gasteiger partial charge is 0.358 e. The molecule has 0 amide bonds. The third-order valence-electron chi connectivity index (χ3n) is 4.79. The summed E-state index contributed by atoms with van der Waals surface area (Å²) >= 11 is 0. The summed E-state index contributed by atoms with van der Waals surface area (Å²) in [7, 11) is 0. The first-order valence-corrected chi connectivity index (χ1v) is 7.59. The van der Waals surface area contributed by atoms with Gasteiger partial charge in [-0.1, -0.05) is 11.3 Å². The molecule has 1 saturated carbocycles. The van der Waals surface area contributed by atoms with E-state index < -0.39 is 23.7 Å². The van der Waals surface area contributed by atoms with Gasteiger partial charge in [-0.2, -0.15) is 0 Å². The van der Waals surface area contributed by atoms with E-state index in [1.807, 2.05) is 17.9 Å². The number of rotatable bonds is 4. The number of carboxylic acid groups (broad SMARTS) is 1. The third-order valence-corrected chi connectivity index (χ3v) is 4.79. The van der Waals surface area contributed by atoms with Crippen LogP contribution in [0.15, 0.2) is 18.3 Å². The van der Waals surface area contributed by atoms with Gasteiger partial charge in [0.05, 0.1) is 24.6 Å². The fourth-order valence-electron chi connectivity index (χ4n) is 3.26. The summed E-state index contributed by atoms with van der Waals surface area (Å²) in [6.07, 6.45) is 1.35. The van der Waals surface area contributed by atoms with Crippen LogP contribution in [-0.2, 0) is 6.54 Å². The molecule has 2 atom stereocenters. The maximum atomic E-state index is 13.3. The normalized spacial score (nSPS) is 24.0. The van der Waals surface area contributed by atoms with Crippen LogP contribution in [0.5, 0.6) is 0 Å². The lowest BCUT2D eigenvalue weighted by atomic mass is 10.2. The Kier molecular flexibility index (Phi) is 3.09. The van der Waals surface area contributed by atoms with Crippen LogP contribution in [0.4, 0.5) is 14.6 Å². The summed E-state index contributed by atoms with van der Waals surface area (Å²) in [4.78, 5) is 17.2. The maximum absolute atomic E-state index is 13.3. The molecule has 1 aliphatic heterocycles. The van der Waals surface area contributed by atoms with Crippen molar-refractivity contribution < 1.29 is 18.7 Å². The molecule has 3 heterocycles. The fraction of sp³-hybridized carbons (Fsp3) is 0.467. The number of carbonyl (C=O) groups is 1. The van der Waals surface area contributed by atoms with Crippen LogP contribution in [0.25, 0.3) is 0 Å². The van der Waals surface area contributed by atoms with Crippen molar-refractivity contribution in [3.8, 4) is 0 Å². The van der Waals surface area contributed by atoms with Crippen LogP contribution in [0, 0.1) is 18.8 Å². The number of aromatic carboxylic acids is 1.